The molecule has 2 aromatic heterocycles. The van der Waals surface area contributed by atoms with E-state index in [-0.39, 0.29) is 0 Å². The van der Waals surface area contributed by atoms with E-state index in [1.165, 1.54) is 284 Å². The Kier molecular flexibility index (Phi) is 22.9. The molecule has 0 saturated carbocycles. The van der Waals surface area contributed by atoms with Crippen LogP contribution in [0.5, 0.6) is 0 Å². The second-order valence-electron chi connectivity index (χ2n) is 22.8. The summed E-state index contributed by atoms with van der Waals surface area (Å²) >= 11 is 7.70. The summed E-state index contributed by atoms with van der Waals surface area (Å²) in [6.45, 7) is 4.63. The lowest BCUT2D eigenvalue weighted by Gasteiger charge is -2.26. The molecule has 2 aliphatic carbocycles. The van der Waals surface area contributed by atoms with Crippen molar-refractivity contribution in [2.75, 3.05) is 0 Å². The minimum atomic E-state index is 0.625. The first-order valence-corrected chi connectivity index (χ1v) is 32.0. The predicted molar refractivity (Wildman–Crippen MR) is 322 cm³/mol. The largest absolute Gasteiger partial charge is 0.313 e. The molecule has 2 atom stereocenters. The fraction of sp³-hybridized carbons (Fsp3) is 0.588. The van der Waals surface area contributed by atoms with E-state index in [1.54, 1.807) is 22.5 Å². The van der Waals surface area contributed by atoms with Crippen LogP contribution in [0.15, 0.2) is 93.9 Å². The number of aryl methyl sites for hydroxylation is 2. The zero-order chi connectivity index (χ0) is 49.7. The normalized spacial score (nSPS) is 15.7. The summed E-state index contributed by atoms with van der Waals surface area (Å²) in [7, 11) is 0. The summed E-state index contributed by atoms with van der Waals surface area (Å²) in [6, 6.07) is 33.1. The second kappa shape index (κ2) is 29.9. The first-order valence-electron chi connectivity index (χ1n) is 30.4. The van der Waals surface area contributed by atoms with Gasteiger partial charge in [0.25, 0.3) is 0 Å². The molecule has 0 amide bonds. The highest BCUT2D eigenvalue weighted by Gasteiger charge is 2.30. The fourth-order valence-corrected chi connectivity index (χ4v) is 14.0. The van der Waals surface area contributed by atoms with Crippen molar-refractivity contribution in [2.45, 2.75) is 257 Å². The van der Waals surface area contributed by atoms with Gasteiger partial charge in [-0.25, -0.2) is 0 Å². The minimum Gasteiger partial charge on any atom is -0.313 e. The molecule has 2 heterocycles. The minimum absolute atomic E-state index is 0.625. The van der Waals surface area contributed by atoms with E-state index in [2.05, 4.69) is 140 Å². The van der Waals surface area contributed by atoms with Gasteiger partial charge in [0.1, 0.15) is 0 Å². The van der Waals surface area contributed by atoms with Crippen molar-refractivity contribution < 1.29 is 0 Å². The number of nitrogens with zero attached hydrogens (tertiary/aromatic N) is 2. The maximum atomic E-state index is 3.85. The van der Waals surface area contributed by atoms with Gasteiger partial charge in [-0.05, 0) is 146 Å². The van der Waals surface area contributed by atoms with Crippen molar-refractivity contribution in [1.82, 2.24) is 9.13 Å². The Morgan fingerprint density at radius 3 is 1.00 bits per heavy atom. The van der Waals surface area contributed by atoms with Gasteiger partial charge in [0.15, 0.2) is 0 Å². The molecule has 0 fully saturated rings. The van der Waals surface area contributed by atoms with Crippen molar-refractivity contribution in [3.05, 3.63) is 116 Å². The summed E-state index contributed by atoms with van der Waals surface area (Å²) < 4.78 is 7.69. The van der Waals surface area contributed by atoms with Gasteiger partial charge in [-0.1, -0.05) is 250 Å². The fourth-order valence-electron chi connectivity index (χ4n) is 13.3. The lowest BCUT2D eigenvalue weighted by molar-refractivity contribution is 0.469. The zero-order valence-corrected chi connectivity index (χ0v) is 48.5. The van der Waals surface area contributed by atoms with Crippen LogP contribution in [0, 0.1) is 0 Å². The van der Waals surface area contributed by atoms with Gasteiger partial charge in [0.2, 0.25) is 0 Å². The van der Waals surface area contributed by atoms with Gasteiger partial charge in [-0.15, -0.1) is 0 Å². The van der Waals surface area contributed by atoms with E-state index in [9.17, 15) is 0 Å². The van der Waals surface area contributed by atoms with Crippen LogP contribution in [-0.4, -0.2) is 9.13 Å². The molecule has 390 valence electrons. The molecular weight excluding hydrogens is 1000 g/mol. The van der Waals surface area contributed by atoms with E-state index in [0.29, 0.717) is 11.8 Å². The van der Waals surface area contributed by atoms with Crippen LogP contribution in [0.4, 0.5) is 0 Å². The highest BCUT2D eigenvalue weighted by molar-refractivity contribution is 9.10. The van der Waals surface area contributed by atoms with Crippen molar-refractivity contribution >= 4 is 53.7 Å². The Bertz CT molecular complexity index is 2330. The van der Waals surface area contributed by atoms with Crippen molar-refractivity contribution in [3.8, 4) is 22.5 Å². The number of aromatic nitrogens is 2. The lowest BCUT2D eigenvalue weighted by atomic mass is 9.83. The highest BCUT2D eigenvalue weighted by atomic mass is 79.9. The van der Waals surface area contributed by atoms with Gasteiger partial charge in [-0.2, -0.15) is 0 Å². The van der Waals surface area contributed by atoms with Gasteiger partial charge in [-0.3, -0.25) is 0 Å². The Hall–Kier alpha value is -3.08. The summed E-state index contributed by atoms with van der Waals surface area (Å²) in [5.41, 5.74) is 14.3. The molecule has 0 aliphatic heterocycles. The van der Waals surface area contributed by atoms with Crippen LogP contribution < -0.4 is 0 Å². The maximum absolute atomic E-state index is 3.85. The predicted octanol–water partition coefficient (Wildman–Crippen LogP) is 23.3. The Labute approximate surface area is 455 Å². The van der Waals surface area contributed by atoms with Gasteiger partial charge >= 0.3 is 0 Å². The molecule has 6 aromatic rings. The number of rotatable bonds is 33. The maximum Gasteiger partial charge on any atom is 0.0535 e. The average molecular weight is 1100 g/mol. The molecule has 4 aromatic carbocycles. The van der Waals surface area contributed by atoms with Crippen LogP contribution in [0.3, 0.4) is 0 Å². The van der Waals surface area contributed by atoms with E-state index in [4.69, 9.17) is 0 Å². The lowest BCUT2D eigenvalue weighted by Crippen LogP contribution is -2.14. The Balaban J connectivity index is 0.888. The molecule has 2 unspecified atom stereocenters. The molecular formula is C68H94Br2N2. The Morgan fingerprint density at radius 2 is 0.681 bits per heavy atom. The molecule has 2 nitrogen and oxygen atoms in total. The number of fused-ring (bicyclic) bond motifs is 6. The molecule has 0 radical (unpaired) electrons. The molecule has 0 saturated heterocycles. The summed E-state index contributed by atoms with van der Waals surface area (Å²) in [6.07, 6.45) is 49.9. The first kappa shape index (κ1) is 55.2. The molecule has 72 heavy (non-hydrogen) atoms. The first-order chi connectivity index (χ1) is 35.6. The summed E-state index contributed by atoms with van der Waals surface area (Å²) in [5.74, 6) is 1.25. The topological polar surface area (TPSA) is 9.86 Å². The molecule has 0 spiro atoms. The van der Waals surface area contributed by atoms with Crippen LogP contribution in [0.2, 0.25) is 0 Å². The van der Waals surface area contributed by atoms with E-state index in [1.807, 2.05) is 0 Å². The molecule has 8 rings (SSSR count). The molecule has 0 bridgehead atoms. The summed E-state index contributed by atoms with van der Waals surface area (Å²) in [4.78, 5) is 0. The van der Waals surface area contributed by atoms with Gasteiger partial charge < -0.3 is 9.13 Å². The van der Waals surface area contributed by atoms with Crippen LogP contribution >= 0.6 is 31.9 Å². The smallest absolute Gasteiger partial charge is 0.0535 e. The van der Waals surface area contributed by atoms with Gasteiger partial charge in [0, 0.05) is 42.5 Å². The zero-order valence-electron chi connectivity index (χ0n) is 45.3. The quantitative estimate of drug-likeness (QED) is 0.0364. The number of hydrogen-bond acceptors (Lipinski definition) is 0. The average Bonchev–Trinajstić information content (AvgIpc) is 3.91. The van der Waals surface area contributed by atoms with Crippen molar-refractivity contribution in [2.24, 2.45) is 0 Å². The third kappa shape index (κ3) is 15.1. The van der Waals surface area contributed by atoms with Crippen LogP contribution in [-0.2, 0) is 12.8 Å². The highest BCUT2D eigenvalue weighted by Crippen LogP contribution is 2.45. The number of unbranched alkanes of at least 4 members (excludes halogenated alkanes) is 26. The molecule has 2 aliphatic rings. The van der Waals surface area contributed by atoms with Crippen LogP contribution in [0.1, 0.15) is 267 Å². The van der Waals surface area contributed by atoms with Crippen molar-refractivity contribution in [1.29, 1.82) is 0 Å². The van der Waals surface area contributed by atoms with Crippen molar-refractivity contribution in [3.63, 3.8) is 0 Å². The van der Waals surface area contributed by atoms with E-state index >= 15 is 0 Å². The van der Waals surface area contributed by atoms with E-state index < -0.39 is 0 Å². The second-order valence-corrected chi connectivity index (χ2v) is 24.6. The number of halogens is 2. The Morgan fingerprint density at radius 1 is 0.375 bits per heavy atom. The third-order valence-corrected chi connectivity index (χ3v) is 18.3. The number of hydrogen-bond donors (Lipinski definition) is 0. The monoisotopic (exact) mass is 1100 g/mol. The van der Waals surface area contributed by atoms with E-state index in [0.717, 1.165) is 0 Å². The van der Waals surface area contributed by atoms with Gasteiger partial charge in [0.05, 0.1) is 11.0 Å². The SMILES string of the molecule is CCCCCCCCCCCCCCCCC1CCCc2c1n(-c1ccc(-c3ccc(-n4c5c(c6cc(Br)ccc64)CCCC5CCCCCCCCCCCCCCCC)cc3)cc1)c1ccc(Br)cc21. The number of benzene rings is 4. The molecule has 4 heteroatoms. The third-order valence-electron chi connectivity index (χ3n) is 17.3. The summed E-state index contributed by atoms with van der Waals surface area (Å²) in [5, 5.41) is 2.89. The van der Waals surface area contributed by atoms with Crippen LogP contribution in [0.25, 0.3) is 44.3 Å². The standard InChI is InChI=1S/C68H94Br2N2/c1-3-5-7-9-11-13-15-17-19-21-23-25-27-29-33-55-35-31-37-61-63-51-57(69)43-49-65(63)71(67(55)61)59-45-39-53(40-46-59)54-41-47-60(48-42-54)72-66-50-44-58(70)52-64(66)62-38-32-36-56(68(62)72)34-30-28-26-24-22-20-18-16-14-12-10-8-6-4-2/h39-52,55-56H,3-38H2,1-2H3. The molecule has 0 N–H and O–H groups in total.